The number of fused-ring (bicyclic) bond motifs is 1. The van der Waals surface area contributed by atoms with Crippen LogP contribution >= 0.6 is 0 Å². The van der Waals surface area contributed by atoms with Crippen molar-refractivity contribution >= 4 is 0 Å². The van der Waals surface area contributed by atoms with Gasteiger partial charge in [-0.2, -0.15) is 0 Å². The molecule has 3 atom stereocenters. The molecule has 0 aliphatic carbocycles. The van der Waals surface area contributed by atoms with E-state index in [1.807, 2.05) is 0 Å². The van der Waals surface area contributed by atoms with Crippen LogP contribution in [0.15, 0.2) is 0 Å². The predicted octanol–water partition coefficient (Wildman–Crippen LogP) is 4.36. The molecule has 2 fully saturated rings. The second kappa shape index (κ2) is 6.05. The fraction of sp³-hybridized carbons (Fsp3) is 1.00. The molecule has 0 aromatic rings. The normalized spacial score (nSPS) is 35.2. The molecule has 0 amide bonds. The highest BCUT2D eigenvalue weighted by Crippen LogP contribution is 2.38. The lowest BCUT2D eigenvalue weighted by Crippen LogP contribution is -2.46. The first kappa shape index (κ1) is 12.4. The standard InChI is InChI=1S/C15H29N/c1-3-5-8-14-11-12-15-10-6-9-13(7-4-2)16(14)15/h13-15H,3-12H2,1-2H3/t13-,14+,15?/m1/s1. The molecular formula is C15H29N. The molecule has 0 radical (unpaired) electrons. The summed E-state index contributed by atoms with van der Waals surface area (Å²) in [7, 11) is 0. The zero-order chi connectivity index (χ0) is 11.4. The van der Waals surface area contributed by atoms with Gasteiger partial charge in [0, 0.05) is 18.1 Å². The fourth-order valence-electron chi connectivity index (χ4n) is 3.97. The maximum absolute atomic E-state index is 2.95. The van der Waals surface area contributed by atoms with Crippen LogP contribution in [-0.2, 0) is 0 Å². The number of nitrogens with zero attached hydrogens (tertiary/aromatic N) is 1. The van der Waals surface area contributed by atoms with Crippen molar-refractivity contribution in [2.45, 2.75) is 96.2 Å². The van der Waals surface area contributed by atoms with E-state index < -0.39 is 0 Å². The van der Waals surface area contributed by atoms with Crippen molar-refractivity contribution < 1.29 is 0 Å². The van der Waals surface area contributed by atoms with Crippen LogP contribution in [-0.4, -0.2) is 23.0 Å². The maximum Gasteiger partial charge on any atom is 0.0102 e. The average Bonchev–Trinajstić information content (AvgIpc) is 2.71. The Labute approximate surface area is 102 Å². The molecule has 2 aliphatic rings. The summed E-state index contributed by atoms with van der Waals surface area (Å²) in [5.74, 6) is 0. The maximum atomic E-state index is 2.95. The molecule has 0 aromatic carbocycles. The molecule has 16 heavy (non-hydrogen) atoms. The Balaban J connectivity index is 1.94. The average molecular weight is 223 g/mol. The Kier molecular flexibility index (Phi) is 4.69. The van der Waals surface area contributed by atoms with Gasteiger partial charge in [0.1, 0.15) is 0 Å². The molecule has 0 N–H and O–H groups in total. The lowest BCUT2D eigenvalue weighted by molar-refractivity contribution is 0.0715. The third-order valence-corrected chi connectivity index (χ3v) is 4.69. The van der Waals surface area contributed by atoms with Crippen LogP contribution in [0.2, 0.25) is 0 Å². The highest BCUT2D eigenvalue weighted by molar-refractivity contribution is 4.94. The number of rotatable bonds is 5. The van der Waals surface area contributed by atoms with Crippen molar-refractivity contribution in [3.63, 3.8) is 0 Å². The van der Waals surface area contributed by atoms with Gasteiger partial charge < -0.3 is 0 Å². The zero-order valence-electron chi connectivity index (χ0n) is 11.3. The second-order valence-corrected chi connectivity index (χ2v) is 5.85. The summed E-state index contributed by atoms with van der Waals surface area (Å²) >= 11 is 0. The number of hydrogen-bond acceptors (Lipinski definition) is 1. The molecule has 0 saturated carbocycles. The van der Waals surface area contributed by atoms with E-state index in [0.717, 1.165) is 18.1 Å². The van der Waals surface area contributed by atoms with Gasteiger partial charge in [0.2, 0.25) is 0 Å². The minimum Gasteiger partial charge on any atom is -0.294 e. The minimum atomic E-state index is 0.938. The summed E-state index contributed by atoms with van der Waals surface area (Å²) in [5.41, 5.74) is 0. The largest absolute Gasteiger partial charge is 0.294 e. The van der Waals surface area contributed by atoms with Crippen molar-refractivity contribution in [1.82, 2.24) is 4.90 Å². The number of hydrogen-bond donors (Lipinski definition) is 0. The molecule has 0 aromatic heterocycles. The van der Waals surface area contributed by atoms with E-state index in [2.05, 4.69) is 18.7 Å². The van der Waals surface area contributed by atoms with E-state index in [1.165, 1.54) is 64.2 Å². The van der Waals surface area contributed by atoms with Crippen LogP contribution in [0.25, 0.3) is 0 Å². The first-order valence-corrected chi connectivity index (χ1v) is 7.64. The number of unbranched alkanes of at least 4 members (excludes halogenated alkanes) is 1. The third kappa shape index (κ3) is 2.61. The van der Waals surface area contributed by atoms with Gasteiger partial charge in [0.25, 0.3) is 0 Å². The molecule has 0 bridgehead atoms. The lowest BCUT2D eigenvalue weighted by Gasteiger charge is -2.41. The number of piperidine rings is 1. The molecule has 1 nitrogen and oxygen atoms in total. The van der Waals surface area contributed by atoms with Gasteiger partial charge in [0.15, 0.2) is 0 Å². The van der Waals surface area contributed by atoms with Crippen LogP contribution in [0.5, 0.6) is 0 Å². The van der Waals surface area contributed by atoms with Crippen molar-refractivity contribution in [1.29, 1.82) is 0 Å². The first-order valence-electron chi connectivity index (χ1n) is 7.64. The van der Waals surface area contributed by atoms with Gasteiger partial charge in [-0.1, -0.05) is 39.5 Å². The Morgan fingerprint density at radius 1 is 0.875 bits per heavy atom. The third-order valence-electron chi connectivity index (χ3n) is 4.69. The van der Waals surface area contributed by atoms with Gasteiger partial charge in [0.05, 0.1) is 0 Å². The van der Waals surface area contributed by atoms with E-state index in [9.17, 15) is 0 Å². The van der Waals surface area contributed by atoms with Crippen molar-refractivity contribution in [3.8, 4) is 0 Å². The molecule has 94 valence electrons. The molecule has 1 unspecified atom stereocenters. The summed E-state index contributed by atoms with van der Waals surface area (Å²) in [4.78, 5) is 2.95. The molecule has 2 saturated heterocycles. The SMILES string of the molecule is CCCC[C@H]1CCC2CCC[C@@H](CCC)N21. The molecule has 1 heteroatoms. The highest BCUT2D eigenvalue weighted by atomic mass is 15.2. The van der Waals surface area contributed by atoms with Crippen LogP contribution in [0, 0.1) is 0 Å². The summed E-state index contributed by atoms with van der Waals surface area (Å²) in [6.07, 6.45) is 14.5. The lowest BCUT2D eigenvalue weighted by atomic mass is 9.93. The van der Waals surface area contributed by atoms with Crippen molar-refractivity contribution in [2.24, 2.45) is 0 Å². The van der Waals surface area contributed by atoms with Crippen LogP contribution in [0.1, 0.15) is 78.1 Å². The minimum absolute atomic E-state index is 0.938. The van der Waals surface area contributed by atoms with Crippen LogP contribution < -0.4 is 0 Å². The second-order valence-electron chi connectivity index (χ2n) is 5.85. The zero-order valence-corrected chi connectivity index (χ0v) is 11.3. The van der Waals surface area contributed by atoms with Crippen molar-refractivity contribution in [3.05, 3.63) is 0 Å². The summed E-state index contributed by atoms with van der Waals surface area (Å²) in [6, 6.07) is 2.85. The molecular weight excluding hydrogens is 194 g/mol. The summed E-state index contributed by atoms with van der Waals surface area (Å²) in [6.45, 7) is 4.67. The monoisotopic (exact) mass is 223 g/mol. The smallest absolute Gasteiger partial charge is 0.0102 e. The predicted molar refractivity (Wildman–Crippen MR) is 70.7 cm³/mol. The summed E-state index contributed by atoms with van der Waals surface area (Å²) in [5, 5.41) is 0. The van der Waals surface area contributed by atoms with Gasteiger partial charge in [-0.3, -0.25) is 4.90 Å². The van der Waals surface area contributed by atoms with Crippen LogP contribution in [0.4, 0.5) is 0 Å². The van der Waals surface area contributed by atoms with E-state index in [-0.39, 0.29) is 0 Å². The van der Waals surface area contributed by atoms with E-state index in [1.54, 1.807) is 0 Å². The van der Waals surface area contributed by atoms with Gasteiger partial charge in [-0.25, -0.2) is 0 Å². The van der Waals surface area contributed by atoms with E-state index in [4.69, 9.17) is 0 Å². The Bertz CT molecular complexity index is 200. The van der Waals surface area contributed by atoms with Gasteiger partial charge in [-0.15, -0.1) is 0 Å². The molecule has 2 heterocycles. The van der Waals surface area contributed by atoms with Crippen molar-refractivity contribution in [2.75, 3.05) is 0 Å². The Morgan fingerprint density at radius 2 is 1.69 bits per heavy atom. The molecule has 2 rings (SSSR count). The first-order chi connectivity index (χ1) is 7.86. The quantitative estimate of drug-likeness (QED) is 0.669. The van der Waals surface area contributed by atoms with Crippen LogP contribution in [0.3, 0.4) is 0 Å². The Hall–Kier alpha value is -0.0400. The van der Waals surface area contributed by atoms with Gasteiger partial charge >= 0.3 is 0 Å². The molecule has 0 spiro atoms. The molecule has 2 aliphatic heterocycles. The Morgan fingerprint density at radius 3 is 2.44 bits per heavy atom. The summed E-state index contributed by atoms with van der Waals surface area (Å²) < 4.78 is 0. The fourth-order valence-corrected chi connectivity index (χ4v) is 3.97. The van der Waals surface area contributed by atoms with E-state index >= 15 is 0 Å². The topological polar surface area (TPSA) is 3.24 Å². The highest BCUT2D eigenvalue weighted by Gasteiger charge is 2.39. The van der Waals surface area contributed by atoms with Gasteiger partial charge in [-0.05, 0) is 38.5 Å². The van der Waals surface area contributed by atoms with E-state index in [0.29, 0.717) is 0 Å².